The molecule has 0 radical (unpaired) electrons. The number of unbranched alkanes of at least 4 members (excludes halogenated alkanes) is 5. The van der Waals surface area contributed by atoms with E-state index in [2.05, 4.69) is 67.4 Å². The van der Waals surface area contributed by atoms with Crippen molar-refractivity contribution >= 4 is 11.4 Å². The smallest absolute Gasteiger partial charge is 0.0372 e. The Morgan fingerprint density at radius 2 is 1.56 bits per heavy atom. The van der Waals surface area contributed by atoms with Crippen molar-refractivity contribution in [3.63, 3.8) is 0 Å². The Balaban J connectivity index is 1.60. The van der Waals surface area contributed by atoms with E-state index in [4.69, 9.17) is 0 Å². The molecule has 2 aromatic carbocycles. The van der Waals surface area contributed by atoms with Crippen molar-refractivity contribution in [2.75, 3.05) is 29.9 Å². The van der Waals surface area contributed by atoms with Crippen LogP contribution >= 0.6 is 0 Å². The first kappa shape index (κ1) is 19.8. The highest BCUT2D eigenvalue weighted by atomic mass is 15.1. The molecule has 0 atom stereocenters. The molecule has 0 spiro atoms. The van der Waals surface area contributed by atoms with E-state index in [9.17, 15) is 0 Å². The maximum Gasteiger partial charge on any atom is 0.0372 e. The molecule has 1 aliphatic rings. The molecule has 0 unspecified atom stereocenters. The van der Waals surface area contributed by atoms with Crippen LogP contribution in [0.1, 0.15) is 70.4 Å². The first-order valence-electron chi connectivity index (χ1n) is 11.0. The number of nitrogens with one attached hydrogen (secondary N) is 1. The maximum atomic E-state index is 3.63. The van der Waals surface area contributed by atoms with E-state index >= 15 is 0 Å². The molecule has 2 heteroatoms. The van der Waals surface area contributed by atoms with Crippen LogP contribution in [-0.4, -0.2) is 19.6 Å². The van der Waals surface area contributed by atoms with Gasteiger partial charge in [-0.15, -0.1) is 0 Å². The molecule has 1 N–H and O–H groups in total. The second-order valence-corrected chi connectivity index (χ2v) is 7.76. The Morgan fingerprint density at radius 3 is 2.33 bits per heavy atom. The molecule has 3 rings (SSSR count). The third kappa shape index (κ3) is 4.86. The highest BCUT2D eigenvalue weighted by Crippen LogP contribution is 2.39. The zero-order chi connectivity index (χ0) is 19.1. The summed E-state index contributed by atoms with van der Waals surface area (Å²) in [6.45, 7) is 9.94. The molecule has 0 fully saturated rings. The summed E-state index contributed by atoms with van der Waals surface area (Å²) in [6, 6.07) is 13.9. The van der Waals surface area contributed by atoms with Gasteiger partial charge < -0.3 is 10.2 Å². The van der Waals surface area contributed by atoms with Gasteiger partial charge in [-0.05, 0) is 73.2 Å². The summed E-state index contributed by atoms with van der Waals surface area (Å²) >= 11 is 0. The van der Waals surface area contributed by atoms with Crippen LogP contribution in [0.3, 0.4) is 0 Å². The van der Waals surface area contributed by atoms with Gasteiger partial charge >= 0.3 is 0 Å². The number of nitrogens with zero attached hydrogens (tertiary/aromatic N) is 1. The SMILES string of the molecule is CCCCCCCCNc1ccc2c(c1)Cc1ccc(N(CC)CC)cc1-2. The summed E-state index contributed by atoms with van der Waals surface area (Å²) in [5.74, 6) is 0. The lowest BCUT2D eigenvalue weighted by atomic mass is 10.0. The first-order chi connectivity index (χ1) is 13.3. The Labute approximate surface area is 166 Å². The lowest BCUT2D eigenvalue weighted by Crippen LogP contribution is -2.21. The minimum atomic E-state index is 1.06. The molecular formula is C25H36N2. The quantitative estimate of drug-likeness (QED) is 0.373. The van der Waals surface area contributed by atoms with Crippen LogP contribution in [0.2, 0.25) is 0 Å². The number of benzene rings is 2. The van der Waals surface area contributed by atoms with Crippen LogP contribution < -0.4 is 10.2 Å². The summed E-state index contributed by atoms with van der Waals surface area (Å²) in [5, 5.41) is 3.63. The van der Waals surface area contributed by atoms with Crippen molar-refractivity contribution in [3.8, 4) is 11.1 Å². The van der Waals surface area contributed by atoms with Crippen LogP contribution in [0.15, 0.2) is 36.4 Å². The third-order valence-corrected chi connectivity index (χ3v) is 5.86. The van der Waals surface area contributed by atoms with E-state index in [0.717, 1.165) is 26.1 Å². The number of anilines is 2. The molecule has 0 bridgehead atoms. The zero-order valence-corrected chi connectivity index (χ0v) is 17.5. The van der Waals surface area contributed by atoms with Gasteiger partial charge in [0, 0.05) is 31.0 Å². The lowest BCUT2D eigenvalue weighted by Gasteiger charge is -2.21. The van der Waals surface area contributed by atoms with Crippen molar-refractivity contribution in [2.24, 2.45) is 0 Å². The van der Waals surface area contributed by atoms with Crippen molar-refractivity contribution < 1.29 is 0 Å². The van der Waals surface area contributed by atoms with E-state index in [1.165, 1.54) is 72.2 Å². The zero-order valence-electron chi connectivity index (χ0n) is 17.5. The standard InChI is InChI=1S/C25H36N2/c1-4-7-8-9-10-11-16-26-22-13-15-24-21(18-22)17-20-12-14-23(19-25(20)24)27(5-2)6-3/h12-15,18-19,26H,4-11,16-17H2,1-3H3. The fourth-order valence-electron chi connectivity index (χ4n) is 4.21. The highest BCUT2D eigenvalue weighted by Gasteiger charge is 2.19. The van der Waals surface area contributed by atoms with Gasteiger partial charge in [0.1, 0.15) is 0 Å². The van der Waals surface area contributed by atoms with Gasteiger partial charge in [0.15, 0.2) is 0 Å². The summed E-state index contributed by atoms with van der Waals surface area (Å²) < 4.78 is 0. The number of hydrogen-bond donors (Lipinski definition) is 1. The minimum Gasteiger partial charge on any atom is -0.385 e. The van der Waals surface area contributed by atoms with E-state index in [0.29, 0.717) is 0 Å². The van der Waals surface area contributed by atoms with Crippen LogP contribution in [0, 0.1) is 0 Å². The van der Waals surface area contributed by atoms with Crippen molar-refractivity contribution in [1.29, 1.82) is 0 Å². The molecule has 27 heavy (non-hydrogen) atoms. The van der Waals surface area contributed by atoms with Crippen LogP contribution in [-0.2, 0) is 6.42 Å². The minimum absolute atomic E-state index is 1.06. The number of fused-ring (bicyclic) bond motifs is 3. The van der Waals surface area contributed by atoms with Gasteiger partial charge in [0.05, 0.1) is 0 Å². The number of hydrogen-bond acceptors (Lipinski definition) is 2. The Morgan fingerprint density at radius 1 is 0.778 bits per heavy atom. The van der Waals surface area contributed by atoms with Crippen LogP contribution in [0.25, 0.3) is 11.1 Å². The fraction of sp³-hybridized carbons (Fsp3) is 0.520. The second kappa shape index (κ2) is 9.82. The number of rotatable bonds is 11. The summed E-state index contributed by atoms with van der Waals surface area (Å²) in [7, 11) is 0. The van der Waals surface area contributed by atoms with Gasteiger partial charge in [-0.2, -0.15) is 0 Å². The highest BCUT2D eigenvalue weighted by molar-refractivity contribution is 5.81. The summed E-state index contributed by atoms with van der Waals surface area (Å²) in [6.07, 6.45) is 9.16. The molecule has 0 amide bonds. The van der Waals surface area contributed by atoms with E-state index in [1.54, 1.807) is 0 Å². The van der Waals surface area contributed by atoms with Gasteiger partial charge in [0.25, 0.3) is 0 Å². The van der Waals surface area contributed by atoms with Gasteiger partial charge in [-0.3, -0.25) is 0 Å². The topological polar surface area (TPSA) is 15.3 Å². The lowest BCUT2D eigenvalue weighted by molar-refractivity contribution is 0.617. The Bertz CT molecular complexity index is 731. The van der Waals surface area contributed by atoms with Gasteiger partial charge in [-0.1, -0.05) is 51.2 Å². The predicted molar refractivity (Wildman–Crippen MR) is 120 cm³/mol. The van der Waals surface area contributed by atoms with E-state index in [1.807, 2.05) is 0 Å². The van der Waals surface area contributed by atoms with Crippen molar-refractivity contribution in [3.05, 3.63) is 47.5 Å². The van der Waals surface area contributed by atoms with Crippen LogP contribution in [0.4, 0.5) is 11.4 Å². The molecule has 0 aliphatic heterocycles. The normalized spacial score (nSPS) is 12.0. The molecule has 0 aromatic heterocycles. The predicted octanol–water partition coefficient (Wildman–Crippen LogP) is 6.88. The largest absolute Gasteiger partial charge is 0.385 e. The fourth-order valence-corrected chi connectivity index (χ4v) is 4.21. The molecular weight excluding hydrogens is 328 g/mol. The Hall–Kier alpha value is -1.96. The molecule has 146 valence electrons. The van der Waals surface area contributed by atoms with Gasteiger partial charge in [-0.25, -0.2) is 0 Å². The van der Waals surface area contributed by atoms with E-state index in [-0.39, 0.29) is 0 Å². The molecule has 1 aliphatic carbocycles. The average molecular weight is 365 g/mol. The molecule has 2 aromatic rings. The van der Waals surface area contributed by atoms with E-state index < -0.39 is 0 Å². The summed E-state index contributed by atoms with van der Waals surface area (Å²) in [5.41, 5.74) is 8.40. The van der Waals surface area contributed by atoms with Gasteiger partial charge in [0.2, 0.25) is 0 Å². The third-order valence-electron chi connectivity index (χ3n) is 5.86. The van der Waals surface area contributed by atoms with Crippen LogP contribution in [0.5, 0.6) is 0 Å². The maximum absolute atomic E-state index is 3.63. The van der Waals surface area contributed by atoms with Crippen molar-refractivity contribution in [1.82, 2.24) is 0 Å². The first-order valence-corrected chi connectivity index (χ1v) is 11.0. The molecule has 0 saturated heterocycles. The molecule has 0 heterocycles. The monoisotopic (exact) mass is 364 g/mol. The molecule has 0 saturated carbocycles. The van der Waals surface area contributed by atoms with Crippen molar-refractivity contribution in [2.45, 2.75) is 65.7 Å². The molecule has 2 nitrogen and oxygen atoms in total. The Kier molecular flexibility index (Phi) is 7.20. The average Bonchev–Trinajstić information content (AvgIpc) is 3.05. The summed E-state index contributed by atoms with van der Waals surface area (Å²) in [4.78, 5) is 2.43. The second-order valence-electron chi connectivity index (χ2n) is 7.76.